The quantitative estimate of drug-likeness (QED) is 0.688. The first-order valence-corrected chi connectivity index (χ1v) is 6.33. The Bertz CT molecular complexity index is 280. The van der Waals surface area contributed by atoms with Crippen molar-refractivity contribution >= 4 is 5.97 Å². The van der Waals surface area contributed by atoms with Crippen molar-refractivity contribution in [3.63, 3.8) is 0 Å². The van der Waals surface area contributed by atoms with Gasteiger partial charge in [-0.1, -0.05) is 24.3 Å². The molecule has 88 valence electrons. The number of fused-ring (bicyclic) bond motifs is 1. The van der Waals surface area contributed by atoms with Crippen molar-refractivity contribution in [2.75, 3.05) is 0 Å². The molecule has 0 bridgehead atoms. The van der Waals surface area contributed by atoms with E-state index in [-0.39, 0.29) is 5.92 Å². The summed E-state index contributed by atoms with van der Waals surface area (Å²) in [5.74, 6) is 0.241. The van der Waals surface area contributed by atoms with E-state index >= 15 is 0 Å². The third-order valence-electron chi connectivity index (χ3n) is 3.78. The van der Waals surface area contributed by atoms with Crippen molar-refractivity contribution in [3.05, 3.63) is 24.3 Å². The van der Waals surface area contributed by atoms with Gasteiger partial charge in [0.1, 0.15) is 0 Å². The summed E-state index contributed by atoms with van der Waals surface area (Å²) >= 11 is 0. The van der Waals surface area contributed by atoms with Gasteiger partial charge in [-0.05, 0) is 50.4 Å². The van der Waals surface area contributed by atoms with Gasteiger partial charge in [-0.3, -0.25) is 4.79 Å². The first-order valence-electron chi connectivity index (χ1n) is 6.33. The molecule has 0 aromatic rings. The molecule has 0 aromatic carbocycles. The third-order valence-corrected chi connectivity index (χ3v) is 3.78. The van der Waals surface area contributed by atoms with E-state index in [1.54, 1.807) is 0 Å². The molecule has 0 amide bonds. The van der Waals surface area contributed by atoms with Gasteiger partial charge in [0.15, 0.2) is 0 Å². The van der Waals surface area contributed by atoms with Crippen LogP contribution in [0.5, 0.6) is 0 Å². The average Bonchev–Trinajstić information content (AvgIpc) is 2.91. The lowest BCUT2D eigenvalue weighted by molar-refractivity contribution is -0.139. The maximum Gasteiger partial charge on any atom is 0.307 e. The molecule has 0 aliphatic heterocycles. The molecule has 2 heteroatoms. The van der Waals surface area contributed by atoms with Crippen LogP contribution in [0.15, 0.2) is 24.3 Å². The Morgan fingerprint density at radius 1 is 0.875 bits per heavy atom. The summed E-state index contributed by atoms with van der Waals surface area (Å²) in [6.07, 6.45) is 15.3. The number of carboxylic acids is 1. The van der Waals surface area contributed by atoms with Crippen LogP contribution in [0.25, 0.3) is 0 Å². The standard InChI is InChI=1S/C14H20O2/c15-14(16)13-11-9-7-5-3-1-2-4-6-8-10-12(11)13/h3-6,11-13H,1-2,7-10H2,(H,15,16)/b5-3-,6-4+/t11-,12+,13?/m1/s1. The Labute approximate surface area is 97.0 Å². The SMILES string of the molecule is O=C(O)C1[C@H]2CC/C=C/CC/C=C\CC[C@@H]12. The summed E-state index contributed by atoms with van der Waals surface area (Å²) in [7, 11) is 0. The zero-order chi connectivity index (χ0) is 11.4. The molecule has 0 aromatic heterocycles. The van der Waals surface area contributed by atoms with E-state index in [0.717, 1.165) is 38.5 Å². The van der Waals surface area contributed by atoms with E-state index in [4.69, 9.17) is 5.11 Å². The predicted octanol–water partition coefficient (Wildman–Crippen LogP) is 3.40. The molecule has 0 saturated heterocycles. The van der Waals surface area contributed by atoms with Crippen LogP contribution in [0.1, 0.15) is 38.5 Å². The highest BCUT2D eigenvalue weighted by Crippen LogP contribution is 2.52. The molecule has 2 aliphatic rings. The van der Waals surface area contributed by atoms with Gasteiger partial charge in [-0.15, -0.1) is 0 Å². The van der Waals surface area contributed by atoms with E-state index in [1.165, 1.54) is 0 Å². The van der Waals surface area contributed by atoms with Crippen molar-refractivity contribution in [1.82, 2.24) is 0 Å². The van der Waals surface area contributed by atoms with Crippen LogP contribution in [0.2, 0.25) is 0 Å². The molecule has 2 nitrogen and oxygen atoms in total. The van der Waals surface area contributed by atoms with Crippen molar-refractivity contribution in [1.29, 1.82) is 0 Å². The van der Waals surface area contributed by atoms with Crippen LogP contribution in [0.3, 0.4) is 0 Å². The Kier molecular flexibility index (Phi) is 3.81. The van der Waals surface area contributed by atoms with Crippen molar-refractivity contribution in [3.8, 4) is 0 Å². The number of aliphatic carboxylic acids is 1. The maximum absolute atomic E-state index is 11.0. The number of hydrogen-bond donors (Lipinski definition) is 1. The van der Waals surface area contributed by atoms with Gasteiger partial charge in [-0.25, -0.2) is 0 Å². The van der Waals surface area contributed by atoms with Gasteiger partial charge in [0.2, 0.25) is 0 Å². The number of allylic oxidation sites excluding steroid dienone is 4. The van der Waals surface area contributed by atoms with Crippen LogP contribution in [0, 0.1) is 17.8 Å². The minimum atomic E-state index is -0.585. The summed E-state index contributed by atoms with van der Waals surface area (Å²) in [6.45, 7) is 0. The normalized spacial score (nSPS) is 38.6. The second-order valence-corrected chi connectivity index (χ2v) is 4.87. The molecular weight excluding hydrogens is 200 g/mol. The zero-order valence-electron chi connectivity index (χ0n) is 9.64. The smallest absolute Gasteiger partial charge is 0.307 e. The second-order valence-electron chi connectivity index (χ2n) is 4.87. The van der Waals surface area contributed by atoms with E-state index in [2.05, 4.69) is 24.3 Å². The summed E-state index contributed by atoms with van der Waals surface area (Å²) < 4.78 is 0. The number of hydrogen-bond acceptors (Lipinski definition) is 1. The minimum absolute atomic E-state index is 0.0532. The number of rotatable bonds is 1. The third kappa shape index (κ3) is 2.75. The molecule has 3 atom stereocenters. The highest BCUT2D eigenvalue weighted by Gasteiger charge is 2.53. The average molecular weight is 220 g/mol. The lowest BCUT2D eigenvalue weighted by atomic mass is 10.1. The van der Waals surface area contributed by atoms with Crippen molar-refractivity contribution in [2.24, 2.45) is 17.8 Å². The molecule has 1 N–H and O–H groups in total. The Hall–Kier alpha value is -1.05. The lowest BCUT2D eigenvalue weighted by Crippen LogP contribution is -2.00. The van der Waals surface area contributed by atoms with E-state index in [9.17, 15) is 4.79 Å². The molecule has 0 radical (unpaired) electrons. The molecule has 2 aliphatic carbocycles. The van der Waals surface area contributed by atoms with Gasteiger partial charge in [-0.2, -0.15) is 0 Å². The monoisotopic (exact) mass is 220 g/mol. The summed E-state index contributed by atoms with van der Waals surface area (Å²) in [5, 5.41) is 9.08. The Balaban J connectivity index is 1.92. The van der Waals surface area contributed by atoms with Crippen LogP contribution < -0.4 is 0 Å². The first-order chi connectivity index (χ1) is 7.80. The van der Waals surface area contributed by atoms with E-state index in [1.807, 2.05) is 0 Å². The minimum Gasteiger partial charge on any atom is -0.481 e. The molecular formula is C14H20O2. The van der Waals surface area contributed by atoms with Gasteiger partial charge in [0, 0.05) is 0 Å². The van der Waals surface area contributed by atoms with Gasteiger partial charge < -0.3 is 5.11 Å². The topological polar surface area (TPSA) is 37.3 Å². The highest BCUT2D eigenvalue weighted by molar-refractivity contribution is 5.74. The number of carbonyl (C=O) groups is 1. The first kappa shape index (κ1) is 11.4. The highest BCUT2D eigenvalue weighted by atomic mass is 16.4. The van der Waals surface area contributed by atoms with Gasteiger partial charge >= 0.3 is 5.97 Å². The molecule has 16 heavy (non-hydrogen) atoms. The fourth-order valence-electron chi connectivity index (χ4n) is 2.84. The molecule has 0 heterocycles. The summed E-state index contributed by atoms with van der Waals surface area (Å²) in [6, 6.07) is 0. The molecule has 0 spiro atoms. The molecule has 1 fully saturated rings. The fourth-order valence-corrected chi connectivity index (χ4v) is 2.84. The molecule has 1 unspecified atom stereocenters. The van der Waals surface area contributed by atoms with Crippen LogP contribution in [-0.2, 0) is 4.79 Å². The largest absolute Gasteiger partial charge is 0.481 e. The summed E-state index contributed by atoms with van der Waals surface area (Å²) in [5.41, 5.74) is 0. The zero-order valence-corrected chi connectivity index (χ0v) is 9.64. The number of carboxylic acid groups (broad SMARTS) is 1. The fraction of sp³-hybridized carbons (Fsp3) is 0.643. The Morgan fingerprint density at radius 3 is 1.75 bits per heavy atom. The lowest BCUT2D eigenvalue weighted by Gasteiger charge is -1.97. The van der Waals surface area contributed by atoms with Crippen LogP contribution in [0.4, 0.5) is 0 Å². The van der Waals surface area contributed by atoms with E-state index in [0.29, 0.717) is 11.8 Å². The van der Waals surface area contributed by atoms with Crippen molar-refractivity contribution in [2.45, 2.75) is 38.5 Å². The van der Waals surface area contributed by atoms with Crippen molar-refractivity contribution < 1.29 is 9.90 Å². The molecule has 2 rings (SSSR count). The Morgan fingerprint density at radius 2 is 1.31 bits per heavy atom. The molecule has 1 saturated carbocycles. The van der Waals surface area contributed by atoms with Crippen LogP contribution in [-0.4, -0.2) is 11.1 Å². The second kappa shape index (κ2) is 5.33. The maximum atomic E-state index is 11.0. The predicted molar refractivity (Wildman–Crippen MR) is 64.1 cm³/mol. The van der Waals surface area contributed by atoms with Gasteiger partial charge in [0.25, 0.3) is 0 Å². The summed E-state index contributed by atoms with van der Waals surface area (Å²) in [4.78, 5) is 11.0. The van der Waals surface area contributed by atoms with Crippen LogP contribution >= 0.6 is 0 Å². The van der Waals surface area contributed by atoms with E-state index < -0.39 is 5.97 Å². The van der Waals surface area contributed by atoms with Gasteiger partial charge in [0.05, 0.1) is 5.92 Å².